The summed E-state index contributed by atoms with van der Waals surface area (Å²) in [5, 5.41) is 0. The van der Waals surface area contributed by atoms with Gasteiger partial charge in [-0.3, -0.25) is 0 Å². The van der Waals surface area contributed by atoms with Crippen molar-refractivity contribution in [3.8, 4) is 0 Å². The van der Waals surface area contributed by atoms with Gasteiger partial charge in [-0.2, -0.15) is 0 Å². The molecule has 0 saturated heterocycles. The maximum atomic E-state index is 2.39. The summed E-state index contributed by atoms with van der Waals surface area (Å²) < 4.78 is 2.39. The van der Waals surface area contributed by atoms with E-state index in [9.17, 15) is 0 Å². The largest absolute Gasteiger partial charge is 0.231 e. The second kappa shape index (κ2) is 24.7. The Labute approximate surface area is 238 Å². The van der Waals surface area contributed by atoms with E-state index in [0.717, 1.165) is 13.1 Å². The molecule has 0 atom stereocenters. The molecule has 0 radical (unpaired) electrons. The van der Waals surface area contributed by atoms with Crippen LogP contribution in [-0.4, -0.2) is 23.4 Å². The molecule has 0 heterocycles. The van der Waals surface area contributed by atoms with E-state index in [1.807, 2.05) is 41.5 Å². The summed E-state index contributed by atoms with van der Waals surface area (Å²) in [6, 6.07) is 20.0. The zero-order valence-corrected chi connectivity index (χ0v) is 27.1. The summed E-state index contributed by atoms with van der Waals surface area (Å²) >= 11 is 0. The molecule has 212 valence electrons. The summed E-state index contributed by atoms with van der Waals surface area (Å²) in [4.78, 5) is 0. The molecule has 1 aliphatic rings. The molecule has 1 nitrogen and oxygen atoms in total. The van der Waals surface area contributed by atoms with Crippen LogP contribution in [0.15, 0.2) is 84.5 Å². The van der Waals surface area contributed by atoms with Crippen LogP contribution in [0.4, 0.5) is 0 Å². The Morgan fingerprint density at radius 2 is 1.00 bits per heavy atom. The van der Waals surface area contributed by atoms with Crippen molar-refractivity contribution < 1.29 is 4.58 Å². The van der Waals surface area contributed by atoms with Crippen LogP contribution in [0.1, 0.15) is 125 Å². The van der Waals surface area contributed by atoms with Crippen LogP contribution >= 0.6 is 0 Å². The fourth-order valence-electron chi connectivity index (χ4n) is 4.21. The minimum atomic E-state index is 0.651. The SMILES string of the molecule is CC.CC.CC.CCC.CCC(CC)c1ccc(C(=C2C=CC(=[N+](CC)CC)C=C2)c2ccccc2)cc1. The first-order valence-corrected chi connectivity index (χ1v) is 15.5. The number of rotatable bonds is 7. The van der Waals surface area contributed by atoms with Crippen LogP contribution in [0.2, 0.25) is 0 Å². The molecule has 3 rings (SSSR count). The summed E-state index contributed by atoms with van der Waals surface area (Å²) in [6.07, 6.45) is 12.7. The van der Waals surface area contributed by atoms with Crippen molar-refractivity contribution in [2.45, 2.75) is 108 Å². The third-order valence-corrected chi connectivity index (χ3v) is 6.00. The fraction of sp³-hybridized carbons (Fsp3) is 0.486. The van der Waals surface area contributed by atoms with Crippen LogP contribution < -0.4 is 0 Å². The van der Waals surface area contributed by atoms with E-state index in [1.165, 1.54) is 52.8 Å². The van der Waals surface area contributed by atoms with Crippen LogP contribution in [-0.2, 0) is 0 Å². The molecule has 0 bridgehead atoms. The van der Waals surface area contributed by atoms with Gasteiger partial charge in [-0.05, 0) is 72.6 Å². The quantitative estimate of drug-likeness (QED) is 0.321. The number of hydrogen-bond acceptors (Lipinski definition) is 0. The molecule has 0 spiro atoms. The molecule has 0 amide bonds. The molecule has 0 saturated carbocycles. The summed E-state index contributed by atoms with van der Waals surface area (Å²) in [5.41, 5.74) is 7.84. The average Bonchev–Trinajstić information content (AvgIpc) is 3.00. The minimum absolute atomic E-state index is 0.651. The maximum absolute atomic E-state index is 2.39. The predicted molar refractivity (Wildman–Crippen MR) is 177 cm³/mol. The smallest absolute Gasteiger partial charge is 0.199 e. The normalized spacial score (nSPS) is 11.1. The van der Waals surface area contributed by atoms with E-state index >= 15 is 0 Å². The predicted octanol–water partition coefficient (Wildman–Crippen LogP) is 11.5. The molecule has 1 heteroatoms. The van der Waals surface area contributed by atoms with Gasteiger partial charge in [0.25, 0.3) is 0 Å². The highest BCUT2D eigenvalue weighted by Gasteiger charge is 2.15. The molecule has 1 aliphatic carbocycles. The molecular weight excluding hydrogens is 458 g/mol. The van der Waals surface area contributed by atoms with Gasteiger partial charge in [0.05, 0.1) is 0 Å². The Kier molecular flexibility index (Phi) is 24.3. The second-order valence-corrected chi connectivity index (χ2v) is 8.30. The van der Waals surface area contributed by atoms with E-state index in [1.54, 1.807) is 0 Å². The molecule has 0 aromatic heterocycles. The first-order valence-electron chi connectivity index (χ1n) is 15.5. The number of hydrogen-bond donors (Lipinski definition) is 0. The third-order valence-electron chi connectivity index (χ3n) is 6.00. The topological polar surface area (TPSA) is 3.01 Å². The molecule has 0 aliphatic heterocycles. The van der Waals surface area contributed by atoms with Gasteiger partial charge in [0.15, 0.2) is 5.71 Å². The minimum Gasteiger partial charge on any atom is -0.231 e. The zero-order chi connectivity index (χ0) is 29.3. The second-order valence-electron chi connectivity index (χ2n) is 8.30. The van der Waals surface area contributed by atoms with Gasteiger partial charge in [-0.25, -0.2) is 4.58 Å². The van der Waals surface area contributed by atoms with Gasteiger partial charge in [-0.1, -0.05) is 130 Å². The highest BCUT2D eigenvalue weighted by atomic mass is 15.0. The van der Waals surface area contributed by atoms with Gasteiger partial charge in [0.2, 0.25) is 0 Å². The zero-order valence-electron chi connectivity index (χ0n) is 27.1. The van der Waals surface area contributed by atoms with E-state index in [-0.39, 0.29) is 0 Å². The van der Waals surface area contributed by atoms with Crippen molar-refractivity contribution in [3.63, 3.8) is 0 Å². The van der Waals surface area contributed by atoms with Crippen LogP contribution in [0.5, 0.6) is 0 Å². The lowest BCUT2D eigenvalue weighted by atomic mass is 9.88. The molecule has 0 unspecified atom stereocenters. The van der Waals surface area contributed by atoms with Gasteiger partial charge in [0, 0.05) is 12.2 Å². The summed E-state index contributed by atoms with van der Waals surface area (Å²) in [7, 11) is 0. The summed E-state index contributed by atoms with van der Waals surface area (Å²) in [5.74, 6) is 0.651. The van der Waals surface area contributed by atoms with Crippen molar-refractivity contribution in [2.24, 2.45) is 0 Å². The van der Waals surface area contributed by atoms with E-state index in [0.29, 0.717) is 5.92 Å². The average molecular weight is 519 g/mol. The van der Waals surface area contributed by atoms with Crippen molar-refractivity contribution in [1.29, 1.82) is 0 Å². The number of allylic oxidation sites excluding steroid dienone is 5. The van der Waals surface area contributed by atoms with Gasteiger partial charge in [-0.15, -0.1) is 0 Å². The third kappa shape index (κ3) is 12.2. The molecule has 0 N–H and O–H groups in total. The van der Waals surface area contributed by atoms with E-state index < -0.39 is 0 Å². The van der Waals surface area contributed by atoms with Gasteiger partial charge >= 0.3 is 0 Å². The maximum Gasteiger partial charge on any atom is 0.199 e. The van der Waals surface area contributed by atoms with Crippen LogP contribution in [0, 0.1) is 0 Å². The first-order chi connectivity index (χ1) is 18.6. The Morgan fingerprint density at radius 3 is 1.39 bits per heavy atom. The first kappa shape index (κ1) is 37.5. The van der Waals surface area contributed by atoms with Crippen LogP contribution in [0.25, 0.3) is 5.57 Å². The lowest BCUT2D eigenvalue weighted by molar-refractivity contribution is -0.519. The molecular formula is C37H60N+. The fourth-order valence-corrected chi connectivity index (χ4v) is 4.21. The van der Waals surface area contributed by atoms with Crippen molar-refractivity contribution in [1.82, 2.24) is 0 Å². The molecule has 0 fully saturated rings. The molecule has 2 aromatic carbocycles. The monoisotopic (exact) mass is 518 g/mol. The number of benzene rings is 2. The summed E-state index contributed by atoms with van der Waals surface area (Å²) in [6.45, 7) is 27.3. The van der Waals surface area contributed by atoms with E-state index in [2.05, 4.69) is 125 Å². The lowest BCUT2D eigenvalue weighted by Crippen LogP contribution is -2.19. The highest BCUT2D eigenvalue weighted by Crippen LogP contribution is 2.31. The van der Waals surface area contributed by atoms with Gasteiger partial charge < -0.3 is 0 Å². The van der Waals surface area contributed by atoms with Crippen molar-refractivity contribution >= 4 is 11.3 Å². The lowest BCUT2D eigenvalue weighted by Gasteiger charge is -2.16. The standard InChI is InChI=1S/C28H34N.C3H8.3C2H6/c1-5-22(6-2)23-14-16-25(17-15-23)28(24-12-10-9-11-13-24)26-18-20-27(21-19-26)29(7-3)8-4;1-3-2;3*1-2/h9-22H,5-8H2,1-4H3;3H2,1-2H3;3*1-2H3/q+1;;;;. The van der Waals surface area contributed by atoms with Crippen molar-refractivity contribution in [3.05, 3.63) is 101 Å². The van der Waals surface area contributed by atoms with Crippen molar-refractivity contribution in [2.75, 3.05) is 13.1 Å². The Hall–Kier alpha value is -2.67. The molecule has 2 aromatic rings. The Balaban J connectivity index is 0. The van der Waals surface area contributed by atoms with E-state index in [4.69, 9.17) is 0 Å². The number of nitrogens with zero attached hydrogens (tertiary/aromatic N) is 1. The van der Waals surface area contributed by atoms with Crippen LogP contribution in [0.3, 0.4) is 0 Å². The van der Waals surface area contributed by atoms with Gasteiger partial charge in [0.1, 0.15) is 13.1 Å². The Morgan fingerprint density at radius 1 is 0.579 bits per heavy atom. The molecule has 38 heavy (non-hydrogen) atoms. The highest BCUT2D eigenvalue weighted by molar-refractivity contribution is 6.04. The Bertz CT molecular complexity index is 912.